The molecule has 1 heterocycles. The van der Waals surface area contributed by atoms with E-state index >= 15 is 0 Å². The highest BCUT2D eigenvalue weighted by atomic mass is 16.1. The van der Waals surface area contributed by atoms with Gasteiger partial charge in [-0.1, -0.05) is 0 Å². The molecule has 1 saturated heterocycles. The van der Waals surface area contributed by atoms with Crippen LogP contribution in [0.1, 0.15) is 6.92 Å². The first kappa shape index (κ1) is 7.69. The van der Waals surface area contributed by atoms with Crippen molar-refractivity contribution >= 4 is 5.78 Å². The minimum atomic E-state index is 0.141. The lowest BCUT2D eigenvalue weighted by atomic mass is 10.3. The van der Waals surface area contributed by atoms with Gasteiger partial charge in [-0.15, -0.1) is 0 Å². The molecule has 10 heavy (non-hydrogen) atoms. The van der Waals surface area contributed by atoms with E-state index in [1.807, 2.05) is 0 Å². The van der Waals surface area contributed by atoms with Gasteiger partial charge in [0.15, 0.2) is 0 Å². The van der Waals surface area contributed by atoms with Gasteiger partial charge in [-0.25, -0.2) is 0 Å². The standard InChI is InChI=1S/C7H13N2O/c1-7(10)6-9-4-2-8-3-5-9/h6,8H,2-5H2,1H3. The van der Waals surface area contributed by atoms with E-state index in [4.69, 9.17) is 0 Å². The Bertz CT molecular complexity index is 119. The van der Waals surface area contributed by atoms with Gasteiger partial charge in [0, 0.05) is 26.2 Å². The third-order valence-electron chi connectivity index (χ3n) is 1.52. The van der Waals surface area contributed by atoms with Gasteiger partial charge >= 0.3 is 0 Å². The van der Waals surface area contributed by atoms with E-state index in [-0.39, 0.29) is 5.78 Å². The van der Waals surface area contributed by atoms with Crippen molar-refractivity contribution in [2.24, 2.45) is 0 Å². The molecule has 3 nitrogen and oxygen atoms in total. The molecule has 0 unspecified atom stereocenters. The zero-order valence-electron chi connectivity index (χ0n) is 6.26. The van der Waals surface area contributed by atoms with E-state index in [9.17, 15) is 4.79 Å². The summed E-state index contributed by atoms with van der Waals surface area (Å²) in [5, 5.41) is 3.21. The summed E-state index contributed by atoms with van der Waals surface area (Å²) in [4.78, 5) is 12.6. The SMILES string of the molecule is CC(=O)[CH]N1CCNCC1. The molecule has 0 aromatic carbocycles. The van der Waals surface area contributed by atoms with Crippen molar-refractivity contribution in [2.45, 2.75) is 6.92 Å². The number of Topliss-reactive ketones (excluding diaryl/α,β-unsaturated/α-hetero) is 1. The zero-order chi connectivity index (χ0) is 7.40. The average Bonchev–Trinajstić information content (AvgIpc) is 1.88. The molecule has 0 amide bonds. The second-order valence-corrected chi connectivity index (χ2v) is 2.53. The molecule has 3 heteroatoms. The molecule has 0 aromatic rings. The maximum Gasteiger partial charge on any atom is 0.148 e. The summed E-state index contributed by atoms with van der Waals surface area (Å²) in [6.45, 7) is 7.16. The van der Waals surface area contributed by atoms with Crippen LogP contribution in [0.2, 0.25) is 0 Å². The van der Waals surface area contributed by atoms with Crippen LogP contribution in [0.15, 0.2) is 0 Å². The van der Waals surface area contributed by atoms with E-state index in [1.165, 1.54) is 0 Å². The number of carbonyl (C=O) groups is 1. The Morgan fingerprint density at radius 3 is 2.60 bits per heavy atom. The van der Waals surface area contributed by atoms with Gasteiger partial charge < -0.3 is 5.32 Å². The van der Waals surface area contributed by atoms with Gasteiger partial charge in [-0.05, 0) is 6.92 Å². The van der Waals surface area contributed by atoms with Gasteiger partial charge in [0.1, 0.15) is 5.78 Å². The Balaban J connectivity index is 2.19. The zero-order valence-corrected chi connectivity index (χ0v) is 6.26. The third kappa shape index (κ3) is 2.45. The molecular formula is C7H13N2O. The lowest BCUT2D eigenvalue weighted by molar-refractivity contribution is -0.115. The first-order chi connectivity index (χ1) is 4.79. The first-order valence-corrected chi connectivity index (χ1v) is 3.59. The molecule has 1 aliphatic rings. The van der Waals surface area contributed by atoms with Crippen molar-refractivity contribution in [2.75, 3.05) is 26.2 Å². The van der Waals surface area contributed by atoms with Crippen LogP contribution in [0.5, 0.6) is 0 Å². The highest BCUT2D eigenvalue weighted by Gasteiger charge is 2.10. The molecular weight excluding hydrogens is 128 g/mol. The molecule has 1 N–H and O–H groups in total. The van der Waals surface area contributed by atoms with Crippen LogP contribution in [0.4, 0.5) is 0 Å². The van der Waals surface area contributed by atoms with Crippen LogP contribution in [0.3, 0.4) is 0 Å². The fraction of sp³-hybridized carbons (Fsp3) is 0.714. The minimum absolute atomic E-state index is 0.141. The highest BCUT2D eigenvalue weighted by Crippen LogP contribution is 1.95. The summed E-state index contributed by atoms with van der Waals surface area (Å²) in [5.41, 5.74) is 0. The van der Waals surface area contributed by atoms with Gasteiger partial charge in [-0.2, -0.15) is 0 Å². The third-order valence-corrected chi connectivity index (χ3v) is 1.52. The maximum atomic E-state index is 10.6. The summed E-state index contributed by atoms with van der Waals surface area (Å²) in [5.74, 6) is 0.141. The molecule has 0 aliphatic carbocycles. The smallest absolute Gasteiger partial charge is 0.148 e. The second kappa shape index (κ2) is 3.68. The lowest BCUT2D eigenvalue weighted by Crippen LogP contribution is -2.42. The molecule has 1 radical (unpaired) electrons. The number of nitrogens with one attached hydrogen (secondary N) is 1. The number of carbonyl (C=O) groups excluding carboxylic acids is 1. The summed E-state index contributed by atoms with van der Waals surface area (Å²) in [6, 6.07) is 0. The van der Waals surface area contributed by atoms with E-state index in [1.54, 1.807) is 13.5 Å². The molecule has 1 aliphatic heterocycles. The Hall–Kier alpha value is -0.410. The van der Waals surface area contributed by atoms with E-state index < -0.39 is 0 Å². The monoisotopic (exact) mass is 141 g/mol. The number of nitrogens with zero attached hydrogens (tertiary/aromatic N) is 1. The quantitative estimate of drug-likeness (QED) is 0.570. The van der Waals surface area contributed by atoms with Crippen molar-refractivity contribution in [3.63, 3.8) is 0 Å². The summed E-state index contributed by atoms with van der Waals surface area (Å²) in [7, 11) is 0. The topological polar surface area (TPSA) is 32.3 Å². The molecule has 0 atom stereocenters. The van der Waals surface area contributed by atoms with Crippen LogP contribution in [0.25, 0.3) is 0 Å². The van der Waals surface area contributed by atoms with Crippen molar-refractivity contribution in [1.82, 2.24) is 10.2 Å². The molecule has 1 fully saturated rings. The Morgan fingerprint density at radius 2 is 2.10 bits per heavy atom. The lowest BCUT2D eigenvalue weighted by Gasteiger charge is -2.25. The number of hydrogen-bond donors (Lipinski definition) is 1. The van der Waals surface area contributed by atoms with Crippen LogP contribution in [-0.2, 0) is 4.79 Å². The number of ketones is 1. The van der Waals surface area contributed by atoms with E-state index in [0.717, 1.165) is 26.2 Å². The van der Waals surface area contributed by atoms with Crippen LogP contribution < -0.4 is 5.32 Å². The fourth-order valence-electron chi connectivity index (χ4n) is 1.07. The van der Waals surface area contributed by atoms with Gasteiger partial charge in [0.2, 0.25) is 0 Å². The number of hydrogen-bond acceptors (Lipinski definition) is 3. The molecule has 57 valence electrons. The molecule has 0 bridgehead atoms. The van der Waals surface area contributed by atoms with Gasteiger partial charge in [-0.3, -0.25) is 9.69 Å². The normalized spacial score (nSPS) is 20.9. The van der Waals surface area contributed by atoms with E-state index in [0.29, 0.717) is 0 Å². The first-order valence-electron chi connectivity index (χ1n) is 3.59. The second-order valence-electron chi connectivity index (χ2n) is 2.53. The highest BCUT2D eigenvalue weighted by molar-refractivity contribution is 5.83. The molecule has 1 rings (SSSR count). The van der Waals surface area contributed by atoms with Crippen molar-refractivity contribution in [1.29, 1.82) is 0 Å². The van der Waals surface area contributed by atoms with Gasteiger partial charge in [0.05, 0.1) is 6.54 Å². The van der Waals surface area contributed by atoms with Gasteiger partial charge in [0.25, 0.3) is 0 Å². The predicted molar refractivity (Wildman–Crippen MR) is 39.4 cm³/mol. The average molecular weight is 141 g/mol. The largest absolute Gasteiger partial charge is 0.314 e. The molecule has 0 spiro atoms. The number of rotatable bonds is 2. The van der Waals surface area contributed by atoms with Crippen LogP contribution in [-0.4, -0.2) is 36.9 Å². The minimum Gasteiger partial charge on any atom is -0.314 e. The van der Waals surface area contributed by atoms with Crippen molar-refractivity contribution in [3.05, 3.63) is 6.54 Å². The molecule has 0 aromatic heterocycles. The Kier molecular flexibility index (Phi) is 2.83. The maximum absolute atomic E-state index is 10.6. The Morgan fingerprint density at radius 1 is 1.50 bits per heavy atom. The van der Waals surface area contributed by atoms with E-state index in [2.05, 4.69) is 10.2 Å². The summed E-state index contributed by atoms with van der Waals surface area (Å²) < 4.78 is 0. The summed E-state index contributed by atoms with van der Waals surface area (Å²) >= 11 is 0. The van der Waals surface area contributed by atoms with Crippen molar-refractivity contribution in [3.8, 4) is 0 Å². The molecule has 0 saturated carbocycles. The number of piperazine rings is 1. The van der Waals surface area contributed by atoms with Crippen LogP contribution >= 0.6 is 0 Å². The fourth-order valence-corrected chi connectivity index (χ4v) is 1.07. The Labute approximate surface area is 61.4 Å². The van der Waals surface area contributed by atoms with Crippen molar-refractivity contribution < 1.29 is 4.79 Å². The van der Waals surface area contributed by atoms with Crippen LogP contribution in [0, 0.1) is 6.54 Å². The predicted octanol–water partition coefficient (Wildman–Crippen LogP) is -0.358. The summed E-state index contributed by atoms with van der Waals surface area (Å²) in [6.07, 6.45) is 0.